The number of nitrogens with zero attached hydrogens (tertiary/aromatic N) is 2. The van der Waals surface area contributed by atoms with Crippen LogP contribution in [0.4, 0.5) is 15.8 Å². The standard InChI is InChI=1S/C21H22FN3OS/c1-14-12-15(6-7-18(14)25-10-8-24(2)9-11-25)23-21(26)20-13-16-17(22)4-3-5-19(16)27-20/h3-7,12-13H,8-11H2,1-2H3,(H,23,26). The first kappa shape index (κ1) is 17.9. The number of hydrogen-bond acceptors (Lipinski definition) is 4. The molecule has 0 radical (unpaired) electrons. The molecule has 1 aliphatic rings. The number of amides is 1. The maximum Gasteiger partial charge on any atom is 0.265 e. The highest BCUT2D eigenvalue weighted by atomic mass is 32.1. The van der Waals surface area contributed by atoms with Gasteiger partial charge in [0, 0.05) is 47.6 Å². The molecule has 0 atom stereocenters. The lowest BCUT2D eigenvalue weighted by molar-refractivity contribution is 0.103. The first-order chi connectivity index (χ1) is 13.0. The highest BCUT2D eigenvalue weighted by Gasteiger charge is 2.17. The average molecular weight is 383 g/mol. The Hall–Kier alpha value is -2.44. The number of carbonyl (C=O) groups excluding carboxylic acids is 1. The van der Waals surface area contributed by atoms with Crippen molar-refractivity contribution in [2.45, 2.75) is 6.92 Å². The zero-order chi connectivity index (χ0) is 19.0. The molecule has 4 rings (SSSR count). The lowest BCUT2D eigenvalue weighted by Gasteiger charge is -2.35. The van der Waals surface area contributed by atoms with E-state index in [0.717, 1.165) is 42.1 Å². The Morgan fingerprint density at radius 2 is 1.89 bits per heavy atom. The molecule has 27 heavy (non-hydrogen) atoms. The van der Waals surface area contributed by atoms with E-state index in [1.54, 1.807) is 12.1 Å². The van der Waals surface area contributed by atoms with E-state index in [9.17, 15) is 9.18 Å². The molecule has 0 unspecified atom stereocenters. The van der Waals surface area contributed by atoms with Crippen molar-refractivity contribution in [3.63, 3.8) is 0 Å². The molecule has 140 valence electrons. The molecule has 2 aromatic carbocycles. The number of likely N-dealkylation sites (N-methyl/N-ethyl adjacent to an activating group) is 1. The van der Waals surface area contributed by atoms with Gasteiger partial charge in [-0.05, 0) is 55.9 Å². The second-order valence-corrected chi connectivity index (χ2v) is 8.09. The third kappa shape index (κ3) is 3.68. The van der Waals surface area contributed by atoms with Crippen molar-refractivity contribution < 1.29 is 9.18 Å². The smallest absolute Gasteiger partial charge is 0.265 e. The molecule has 0 aliphatic carbocycles. The molecule has 1 fully saturated rings. The average Bonchev–Trinajstić information content (AvgIpc) is 3.09. The summed E-state index contributed by atoms with van der Waals surface area (Å²) < 4.78 is 14.6. The normalized spacial score (nSPS) is 15.3. The van der Waals surface area contributed by atoms with Crippen LogP contribution in [-0.2, 0) is 0 Å². The molecule has 1 aliphatic heterocycles. The number of thiophene rings is 1. The van der Waals surface area contributed by atoms with Crippen LogP contribution in [0, 0.1) is 12.7 Å². The maximum atomic E-state index is 13.9. The molecule has 1 amide bonds. The summed E-state index contributed by atoms with van der Waals surface area (Å²) in [5, 5.41) is 3.43. The number of carbonyl (C=O) groups is 1. The van der Waals surface area contributed by atoms with E-state index in [1.807, 2.05) is 18.2 Å². The van der Waals surface area contributed by atoms with Crippen molar-refractivity contribution in [2.75, 3.05) is 43.4 Å². The fraction of sp³-hybridized carbons (Fsp3) is 0.286. The monoisotopic (exact) mass is 383 g/mol. The van der Waals surface area contributed by atoms with Gasteiger partial charge in [-0.15, -0.1) is 11.3 Å². The van der Waals surface area contributed by atoms with Gasteiger partial charge < -0.3 is 15.1 Å². The SMILES string of the molecule is Cc1cc(NC(=O)c2cc3c(F)cccc3s2)ccc1N1CCN(C)CC1. The predicted octanol–water partition coefficient (Wildman–Crippen LogP) is 4.35. The maximum absolute atomic E-state index is 13.9. The molecular weight excluding hydrogens is 361 g/mol. The number of fused-ring (bicyclic) bond motifs is 1. The van der Waals surface area contributed by atoms with Crippen LogP contribution < -0.4 is 10.2 Å². The fourth-order valence-electron chi connectivity index (χ4n) is 3.47. The minimum Gasteiger partial charge on any atom is -0.369 e. The first-order valence-electron chi connectivity index (χ1n) is 9.05. The third-order valence-electron chi connectivity index (χ3n) is 5.03. The van der Waals surface area contributed by atoms with Crippen molar-refractivity contribution in [1.29, 1.82) is 0 Å². The molecule has 4 nitrogen and oxygen atoms in total. The van der Waals surface area contributed by atoms with Crippen LogP contribution in [-0.4, -0.2) is 44.0 Å². The number of aryl methyl sites for hydroxylation is 1. The van der Waals surface area contributed by atoms with Gasteiger partial charge in [0.25, 0.3) is 5.91 Å². The van der Waals surface area contributed by atoms with Crippen LogP contribution in [0.5, 0.6) is 0 Å². The van der Waals surface area contributed by atoms with Crippen LogP contribution in [0.1, 0.15) is 15.2 Å². The van der Waals surface area contributed by atoms with Crippen molar-refractivity contribution in [2.24, 2.45) is 0 Å². The number of hydrogen-bond donors (Lipinski definition) is 1. The lowest BCUT2D eigenvalue weighted by atomic mass is 10.1. The van der Waals surface area contributed by atoms with E-state index in [-0.39, 0.29) is 11.7 Å². The Morgan fingerprint density at radius 3 is 2.59 bits per heavy atom. The summed E-state index contributed by atoms with van der Waals surface area (Å²) in [5.74, 6) is -0.502. The van der Waals surface area contributed by atoms with E-state index in [2.05, 4.69) is 35.2 Å². The van der Waals surface area contributed by atoms with Gasteiger partial charge in [-0.2, -0.15) is 0 Å². The summed E-state index contributed by atoms with van der Waals surface area (Å²) in [6.45, 7) is 6.20. The second kappa shape index (κ2) is 7.29. The molecular formula is C21H22FN3OS. The van der Waals surface area contributed by atoms with Crippen molar-refractivity contribution in [3.05, 3.63) is 58.7 Å². The molecule has 6 heteroatoms. The summed E-state index contributed by atoms with van der Waals surface area (Å²) >= 11 is 1.30. The molecule has 3 aromatic rings. The van der Waals surface area contributed by atoms with Gasteiger partial charge in [-0.25, -0.2) is 4.39 Å². The van der Waals surface area contributed by atoms with Crippen LogP contribution in [0.2, 0.25) is 0 Å². The highest BCUT2D eigenvalue weighted by molar-refractivity contribution is 7.20. The number of halogens is 1. The van der Waals surface area contributed by atoms with E-state index >= 15 is 0 Å². The highest BCUT2D eigenvalue weighted by Crippen LogP contribution is 2.29. The zero-order valence-corrected chi connectivity index (χ0v) is 16.3. The van der Waals surface area contributed by atoms with Gasteiger partial charge in [-0.3, -0.25) is 4.79 Å². The number of piperazine rings is 1. The number of benzene rings is 2. The summed E-state index contributed by atoms with van der Waals surface area (Å²) in [7, 11) is 2.14. The summed E-state index contributed by atoms with van der Waals surface area (Å²) in [6, 6.07) is 12.5. The topological polar surface area (TPSA) is 35.6 Å². The fourth-order valence-corrected chi connectivity index (χ4v) is 4.44. The van der Waals surface area contributed by atoms with Crippen LogP contribution in [0.25, 0.3) is 10.1 Å². The molecule has 1 saturated heterocycles. The summed E-state index contributed by atoms with van der Waals surface area (Å²) in [5.41, 5.74) is 3.11. The van der Waals surface area contributed by atoms with Gasteiger partial charge in [0.2, 0.25) is 0 Å². The largest absolute Gasteiger partial charge is 0.369 e. The van der Waals surface area contributed by atoms with Gasteiger partial charge in [0.05, 0.1) is 4.88 Å². The van der Waals surface area contributed by atoms with Crippen LogP contribution in [0.15, 0.2) is 42.5 Å². The Balaban J connectivity index is 1.51. The van der Waals surface area contributed by atoms with Crippen molar-refractivity contribution in [1.82, 2.24) is 4.90 Å². The minimum absolute atomic E-state index is 0.206. The van der Waals surface area contributed by atoms with E-state index in [1.165, 1.54) is 23.1 Å². The quantitative estimate of drug-likeness (QED) is 0.730. The Bertz CT molecular complexity index is 992. The molecule has 0 bridgehead atoms. The van der Waals surface area contributed by atoms with Crippen LogP contribution in [0.3, 0.4) is 0 Å². The molecule has 0 saturated carbocycles. The zero-order valence-electron chi connectivity index (χ0n) is 15.5. The Kier molecular flexibility index (Phi) is 4.85. The number of nitrogens with one attached hydrogen (secondary N) is 1. The molecule has 1 N–H and O–H groups in total. The second-order valence-electron chi connectivity index (χ2n) is 7.01. The van der Waals surface area contributed by atoms with E-state index in [4.69, 9.17) is 0 Å². The predicted molar refractivity (Wildman–Crippen MR) is 111 cm³/mol. The van der Waals surface area contributed by atoms with E-state index in [0.29, 0.717) is 10.3 Å². The number of anilines is 2. The van der Waals surface area contributed by atoms with Crippen molar-refractivity contribution >= 4 is 38.7 Å². The molecule has 0 spiro atoms. The van der Waals surface area contributed by atoms with Gasteiger partial charge in [-0.1, -0.05) is 6.07 Å². The molecule has 1 aromatic heterocycles. The van der Waals surface area contributed by atoms with Gasteiger partial charge >= 0.3 is 0 Å². The summed E-state index contributed by atoms with van der Waals surface area (Å²) in [4.78, 5) is 17.8. The lowest BCUT2D eigenvalue weighted by Crippen LogP contribution is -2.44. The van der Waals surface area contributed by atoms with Gasteiger partial charge in [0.1, 0.15) is 5.82 Å². The Morgan fingerprint density at radius 1 is 1.11 bits per heavy atom. The Labute approximate surface area is 162 Å². The van der Waals surface area contributed by atoms with E-state index < -0.39 is 0 Å². The van der Waals surface area contributed by atoms with Crippen LogP contribution >= 0.6 is 11.3 Å². The third-order valence-corrected chi connectivity index (χ3v) is 6.13. The van der Waals surface area contributed by atoms with Crippen molar-refractivity contribution in [3.8, 4) is 0 Å². The first-order valence-corrected chi connectivity index (χ1v) is 9.86. The minimum atomic E-state index is -0.296. The number of rotatable bonds is 3. The molecule has 2 heterocycles. The van der Waals surface area contributed by atoms with Gasteiger partial charge in [0.15, 0.2) is 0 Å². The summed E-state index contributed by atoms with van der Waals surface area (Å²) in [6.07, 6.45) is 0.